The van der Waals surface area contributed by atoms with Gasteiger partial charge in [-0.25, -0.2) is 24.2 Å². The highest BCUT2D eigenvalue weighted by Gasteiger charge is 2.42. The number of ether oxygens (including phenoxy) is 2. The standard InChI is InChI=1S/C43H43N7O4/c1-42(2,3)54-41(52)48-22-14-21-34(28-48)49-27-29-23-35-37(24-36(29)46-40(49)51)50(47-38(35)30-25-44-39(53-4)45-26-30)43(31-15-8-5-9-16-31,32-17-10-6-11-18-32)33-19-12-7-13-20-33/h5-13,15-20,23-26,34H,14,21-22,27-28H2,1-4H3,(H,46,51). The van der Waals surface area contributed by atoms with Crippen molar-refractivity contribution in [3.05, 3.63) is 138 Å². The molecule has 274 valence electrons. The summed E-state index contributed by atoms with van der Waals surface area (Å²) in [5.74, 6) is 0. The first-order chi connectivity index (χ1) is 26.2. The lowest BCUT2D eigenvalue weighted by atomic mass is 9.77. The number of likely N-dealkylation sites (tertiary alicyclic amines) is 1. The molecule has 4 aromatic carbocycles. The largest absolute Gasteiger partial charge is 0.467 e. The van der Waals surface area contributed by atoms with Crippen LogP contribution in [0.3, 0.4) is 0 Å². The van der Waals surface area contributed by atoms with Crippen molar-refractivity contribution in [3.63, 3.8) is 0 Å². The lowest BCUT2D eigenvalue weighted by Gasteiger charge is -2.41. The van der Waals surface area contributed by atoms with Gasteiger partial charge in [0, 0.05) is 48.7 Å². The maximum atomic E-state index is 14.0. The van der Waals surface area contributed by atoms with Gasteiger partial charge in [0.05, 0.1) is 18.7 Å². The summed E-state index contributed by atoms with van der Waals surface area (Å²) in [6.45, 7) is 6.95. The molecular formula is C43H43N7O4. The number of nitrogens with one attached hydrogen (secondary N) is 1. The molecule has 2 aliphatic heterocycles. The van der Waals surface area contributed by atoms with E-state index >= 15 is 0 Å². The molecular weight excluding hydrogens is 679 g/mol. The number of carbonyl (C=O) groups is 2. The van der Waals surface area contributed by atoms with Crippen LogP contribution in [0.25, 0.3) is 22.2 Å². The number of piperidine rings is 1. The third-order valence-electron chi connectivity index (χ3n) is 10.2. The minimum Gasteiger partial charge on any atom is -0.467 e. The molecule has 0 radical (unpaired) electrons. The number of hydrogen-bond donors (Lipinski definition) is 1. The summed E-state index contributed by atoms with van der Waals surface area (Å²) in [4.78, 5) is 39.4. The Balaban J connectivity index is 1.31. The Kier molecular flexibility index (Phi) is 9.01. The van der Waals surface area contributed by atoms with Gasteiger partial charge in [0.15, 0.2) is 0 Å². The lowest BCUT2D eigenvalue weighted by Crippen LogP contribution is -2.54. The van der Waals surface area contributed by atoms with Crippen LogP contribution in [0, 0.1) is 0 Å². The van der Waals surface area contributed by atoms with Crippen LogP contribution in [0.1, 0.15) is 55.9 Å². The van der Waals surface area contributed by atoms with Gasteiger partial charge in [-0.05, 0) is 68.0 Å². The van der Waals surface area contributed by atoms with Crippen molar-refractivity contribution in [3.8, 4) is 17.3 Å². The fourth-order valence-electron chi connectivity index (χ4n) is 7.81. The van der Waals surface area contributed by atoms with Crippen LogP contribution in [0.5, 0.6) is 6.01 Å². The Morgan fingerprint density at radius 1 is 0.852 bits per heavy atom. The molecule has 1 unspecified atom stereocenters. The van der Waals surface area contributed by atoms with Crippen molar-refractivity contribution in [1.82, 2.24) is 29.5 Å². The molecule has 0 saturated carbocycles. The summed E-state index contributed by atoms with van der Waals surface area (Å²) in [5.41, 5.74) is 5.42. The van der Waals surface area contributed by atoms with E-state index in [9.17, 15) is 9.59 Å². The molecule has 0 aliphatic carbocycles. The number of anilines is 1. The van der Waals surface area contributed by atoms with Gasteiger partial charge >= 0.3 is 18.1 Å². The SMILES string of the molecule is COc1ncc(-c2nn(C(c3ccccc3)(c3ccccc3)c3ccccc3)c3cc4c(cc23)CN(C2CCCN(C(=O)OC(C)(C)C)C2)C(=O)N4)cn1. The molecule has 1 fully saturated rings. The third kappa shape index (κ3) is 6.29. The highest BCUT2D eigenvalue weighted by molar-refractivity contribution is 6.00. The number of hydrogen-bond acceptors (Lipinski definition) is 7. The van der Waals surface area contributed by atoms with Gasteiger partial charge in [0.25, 0.3) is 0 Å². The number of amides is 3. The van der Waals surface area contributed by atoms with Crippen molar-refractivity contribution < 1.29 is 19.1 Å². The van der Waals surface area contributed by atoms with Crippen molar-refractivity contribution in [1.29, 1.82) is 0 Å². The van der Waals surface area contributed by atoms with E-state index in [-0.39, 0.29) is 24.2 Å². The summed E-state index contributed by atoms with van der Waals surface area (Å²) < 4.78 is 13.1. The highest BCUT2D eigenvalue weighted by Crippen LogP contribution is 2.45. The predicted molar refractivity (Wildman–Crippen MR) is 207 cm³/mol. The molecule has 11 nitrogen and oxygen atoms in total. The predicted octanol–water partition coefficient (Wildman–Crippen LogP) is 8.09. The molecule has 6 aromatic rings. The first kappa shape index (κ1) is 34.8. The second-order valence-corrected chi connectivity index (χ2v) is 14.8. The first-order valence-corrected chi connectivity index (χ1v) is 18.3. The molecule has 2 aromatic heterocycles. The van der Waals surface area contributed by atoms with E-state index in [1.165, 1.54) is 0 Å². The fourth-order valence-corrected chi connectivity index (χ4v) is 7.81. The van der Waals surface area contributed by atoms with E-state index in [2.05, 4.69) is 62.4 Å². The van der Waals surface area contributed by atoms with E-state index in [4.69, 9.17) is 14.6 Å². The van der Waals surface area contributed by atoms with Gasteiger partial charge in [0.2, 0.25) is 0 Å². The van der Waals surface area contributed by atoms with Crippen molar-refractivity contribution >= 4 is 28.7 Å². The summed E-state index contributed by atoms with van der Waals surface area (Å²) in [6, 6.07) is 35.2. The number of methoxy groups -OCH3 is 1. The minimum atomic E-state index is -0.917. The molecule has 0 spiro atoms. The molecule has 1 saturated heterocycles. The molecule has 0 bridgehead atoms. The van der Waals surface area contributed by atoms with Crippen molar-refractivity contribution in [2.45, 2.75) is 57.3 Å². The van der Waals surface area contributed by atoms with E-state index < -0.39 is 11.1 Å². The average Bonchev–Trinajstić information content (AvgIpc) is 3.56. The number of aromatic nitrogens is 4. The van der Waals surface area contributed by atoms with E-state index in [1.807, 2.05) is 86.3 Å². The summed E-state index contributed by atoms with van der Waals surface area (Å²) >= 11 is 0. The number of urea groups is 1. The fraction of sp³-hybridized carbons (Fsp3) is 0.279. The van der Waals surface area contributed by atoms with Gasteiger partial charge in [-0.1, -0.05) is 91.0 Å². The quantitative estimate of drug-likeness (QED) is 0.166. The number of benzene rings is 4. The Hall–Kier alpha value is -6.23. The van der Waals surface area contributed by atoms with E-state index in [1.54, 1.807) is 24.4 Å². The number of rotatable bonds is 7. The van der Waals surface area contributed by atoms with Crippen LogP contribution >= 0.6 is 0 Å². The molecule has 3 amide bonds. The highest BCUT2D eigenvalue weighted by atomic mass is 16.6. The summed E-state index contributed by atoms with van der Waals surface area (Å²) in [7, 11) is 1.54. The average molecular weight is 722 g/mol. The molecule has 11 heteroatoms. The van der Waals surface area contributed by atoms with Gasteiger partial charge in [-0.15, -0.1) is 0 Å². The number of fused-ring (bicyclic) bond motifs is 2. The second kappa shape index (κ2) is 14.0. The van der Waals surface area contributed by atoms with E-state index in [0.717, 1.165) is 51.6 Å². The summed E-state index contributed by atoms with van der Waals surface area (Å²) in [5, 5.41) is 9.58. The zero-order valence-corrected chi connectivity index (χ0v) is 30.9. The maximum Gasteiger partial charge on any atom is 0.410 e. The maximum absolute atomic E-state index is 14.0. The Morgan fingerprint density at radius 3 is 2.00 bits per heavy atom. The molecule has 54 heavy (non-hydrogen) atoms. The zero-order valence-electron chi connectivity index (χ0n) is 30.9. The van der Waals surface area contributed by atoms with Crippen LogP contribution in [-0.4, -0.2) is 73.5 Å². The Morgan fingerprint density at radius 2 is 1.44 bits per heavy atom. The van der Waals surface area contributed by atoms with Gasteiger partial charge in [-0.3, -0.25) is 0 Å². The molecule has 1 N–H and O–H groups in total. The van der Waals surface area contributed by atoms with Crippen molar-refractivity contribution in [2.24, 2.45) is 0 Å². The lowest BCUT2D eigenvalue weighted by molar-refractivity contribution is 0.0131. The molecule has 8 rings (SSSR count). The normalized spacial score (nSPS) is 16.1. The minimum absolute atomic E-state index is 0.172. The van der Waals surface area contributed by atoms with Crippen molar-refractivity contribution in [2.75, 3.05) is 25.5 Å². The van der Waals surface area contributed by atoms with Crippen LogP contribution in [0.2, 0.25) is 0 Å². The molecule has 4 heterocycles. The van der Waals surface area contributed by atoms with Gasteiger partial charge in [0.1, 0.15) is 16.8 Å². The van der Waals surface area contributed by atoms with Crippen LogP contribution in [0.15, 0.2) is 116 Å². The second-order valence-electron chi connectivity index (χ2n) is 14.8. The van der Waals surface area contributed by atoms with E-state index in [0.29, 0.717) is 31.0 Å². The van der Waals surface area contributed by atoms with Crippen LogP contribution in [0.4, 0.5) is 15.3 Å². The van der Waals surface area contributed by atoms with Crippen LogP contribution < -0.4 is 10.1 Å². The first-order valence-electron chi connectivity index (χ1n) is 18.3. The van der Waals surface area contributed by atoms with Gasteiger partial charge in [-0.2, -0.15) is 5.10 Å². The molecule has 2 aliphatic rings. The van der Waals surface area contributed by atoms with Gasteiger partial charge < -0.3 is 24.6 Å². The summed E-state index contributed by atoms with van der Waals surface area (Å²) in [6.07, 6.45) is 4.66. The Labute approximate surface area is 314 Å². The van der Waals surface area contributed by atoms with Crippen LogP contribution in [-0.2, 0) is 16.8 Å². The molecule has 1 atom stereocenters. The monoisotopic (exact) mass is 721 g/mol. The number of nitrogens with zero attached hydrogens (tertiary/aromatic N) is 6. The Bertz CT molecular complexity index is 2190. The third-order valence-corrected chi connectivity index (χ3v) is 10.2. The topological polar surface area (TPSA) is 115 Å². The zero-order chi connectivity index (χ0) is 37.5. The smallest absolute Gasteiger partial charge is 0.410 e. The number of carbonyl (C=O) groups excluding carboxylic acids is 2.